The van der Waals surface area contributed by atoms with Crippen LogP contribution in [0.1, 0.15) is 45.4 Å². The number of carbonyl (C=O) groups is 1. The fraction of sp³-hybridized carbons (Fsp3) is 0.500. The van der Waals surface area contributed by atoms with Crippen LogP contribution in [-0.4, -0.2) is 35.5 Å². The minimum absolute atomic E-state index is 0.0299. The Bertz CT molecular complexity index is 702. The number of unbranched alkanes of at least 4 members (excludes halogenated alkanes) is 3. The van der Waals surface area contributed by atoms with Gasteiger partial charge >= 0.3 is 0 Å². The first-order chi connectivity index (χ1) is 13.3. The summed E-state index contributed by atoms with van der Waals surface area (Å²) in [5.74, 6) is 0.926. The number of aromatic nitrogens is 2. The van der Waals surface area contributed by atoms with Crippen LogP contribution in [0.15, 0.2) is 42.7 Å². The highest BCUT2D eigenvalue weighted by molar-refractivity contribution is 5.79. The summed E-state index contributed by atoms with van der Waals surface area (Å²) in [7, 11) is 0. The van der Waals surface area contributed by atoms with E-state index in [4.69, 9.17) is 0 Å². The van der Waals surface area contributed by atoms with E-state index in [1.165, 1.54) is 19.3 Å². The molecule has 3 rings (SSSR count). The van der Waals surface area contributed by atoms with Gasteiger partial charge in [0.1, 0.15) is 0 Å². The lowest BCUT2D eigenvalue weighted by Gasteiger charge is -2.32. The van der Waals surface area contributed by atoms with Crippen molar-refractivity contribution in [1.82, 2.24) is 15.3 Å². The van der Waals surface area contributed by atoms with Crippen LogP contribution >= 0.6 is 0 Å². The average Bonchev–Trinajstić information content (AvgIpc) is 2.74. The van der Waals surface area contributed by atoms with E-state index in [-0.39, 0.29) is 11.8 Å². The van der Waals surface area contributed by atoms with Gasteiger partial charge in [0, 0.05) is 37.6 Å². The minimum atomic E-state index is 0.0299. The predicted molar refractivity (Wildman–Crippen MR) is 110 cm³/mol. The lowest BCUT2D eigenvalue weighted by molar-refractivity contribution is -0.125. The Morgan fingerprint density at radius 1 is 1.11 bits per heavy atom. The number of hydrogen-bond donors (Lipinski definition) is 1. The van der Waals surface area contributed by atoms with E-state index in [1.54, 1.807) is 0 Å². The summed E-state index contributed by atoms with van der Waals surface area (Å²) in [6.07, 6.45) is 10.4. The number of piperidine rings is 1. The lowest BCUT2D eigenvalue weighted by Crippen LogP contribution is -2.43. The zero-order chi connectivity index (χ0) is 18.9. The zero-order valence-electron chi connectivity index (χ0n) is 16.2. The van der Waals surface area contributed by atoms with E-state index >= 15 is 0 Å². The molecule has 27 heavy (non-hydrogen) atoms. The minimum Gasteiger partial charge on any atom is -0.356 e. The van der Waals surface area contributed by atoms with Gasteiger partial charge in [-0.05, 0) is 24.8 Å². The molecule has 1 aliphatic heterocycles. The van der Waals surface area contributed by atoms with Gasteiger partial charge in [-0.2, -0.15) is 0 Å². The highest BCUT2D eigenvalue weighted by Gasteiger charge is 2.26. The number of rotatable bonds is 8. The van der Waals surface area contributed by atoms with Gasteiger partial charge in [-0.3, -0.25) is 4.79 Å². The SMILES string of the molecule is CCCCCCNC(=O)C1CCCN(c2ncc(-c3ccccc3)cn2)C1. The maximum Gasteiger partial charge on any atom is 0.225 e. The molecular weight excluding hydrogens is 336 g/mol. The second-order valence-electron chi connectivity index (χ2n) is 7.27. The van der Waals surface area contributed by atoms with Crippen molar-refractivity contribution in [3.8, 4) is 11.1 Å². The molecule has 1 aromatic heterocycles. The maximum atomic E-state index is 12.5. The number of amides is 1. The second-order valence-corrected chi connectivity index (χ2v) is 7.27. The lowest BCUT2D eigenvalue weighted by atomic mass is 9.97. The fourth-order valence-corrected chi connectivity index (χ4v) is 3.54. The molecule has 0 saturated carbocycles. The number of anilines is 1. The van der Waals surface area contributed by atoms with Gasteiger partial charge in [0.05, 0.1) is 5.92 Å². The first-order valence-electron chi connectivity index (χ1n) is 10.2. The van der Waals surface area contributed by atoms with Crippen LogP contribution in [0, 0.1) is 5.92 Å². The largest absolute Gasteiger partial charge is 0.356 e. The molecule has 1 aromatic carbocycles. The van der Waals surface area contributed by atoms with Crippen LogP contribution in [0.25, 0.3) is 11.1 Å². The topological polar surface area (TPSA) is 58.1 Å². The number of nitrogens with one attached hydrogen (secondary N) is 1. The van der Waals surface area contributed by atoms with E-state index in [9.17, 15) is 4.79 Å². The van der Waals surface area contributed by atoms with Gasteiger partial charge in [-0.25, -0.2) is 9.97 Å². The Morgan fingerprint density at radius 2 is 1.89 bits per heavy atom. The molecular formula is C22H30N4O. The second kappa shape index (κ2) is 10.0. The van der Waals surface area contributed by atoms with Gasteiger partial charge in [-0.15, -0.1) is 0 Å². The molecule has 0 spiro atoms. The molecule has 1 unspecified atom stereocenters. The van der Waals surface area contributed by atoms with Crippen molar-refractivity contribution < 1.29 is 4.79 Å². The summed E-state index contributed by atoms with van der Waals surface area (Å²) in [4.78, 5) is 23.7. The molecule has 5 heteroatoms. The monoisotopic (exact) mass is 366 g/mol. The Morgan fingerprint density at radius 3 is 2.63 bits per heavy atom. The number of carbonyl (C=O) groups excluding carboxylic acids is 1. The number of nitrogens with zero attached hydrogens (tertiary/aromatic N) is 3. The van der Waals surface area contributed by atoms with Gasteiger partial charge in [0.25, 0.3) is 0 Å². The third kappa shape index (κ3) is 5.52. The first-order valence-corrected chi connectivity index (χ1v) is 10.2. The van der Waals surface area contributed by atoms with Gasteiger partial charge in [0.2, 0.25) is 11.9 Å². The van der Waals surface area contributed by atoms with Gasteiger partial charge in [-0.1, -0.05) is 56.5 Å². The van der Waals surface area contributed by atoms with Crippen molar-refractivity contribution in [2.45, 2.75) is 45.4 Å². The van der Waals surface area contributed by atoms with Crippen molar-refractivity contribution in [2.24, 2.45) is 5.92 Å². The highest BCUT2D eigenvalue weighted by atomic mass is 16.1. The fourth-order valence-electron chi connectivity index (χ4n) is 3.54. The summed E-state index contributed by atoms with van der Waals surface area (Å²) >= 11 is 0. The van der Waals surface area contributed by atoms with Gasteiger partial charge < -0.3 is 10.2 Å². The summed E-state index contributed by atoms with van der Waals surface area (Å²) in [6, 6.07) is 10.1. The van der Waals surface area contributed by atoms with E-state index in [2.05, 4.69) is 39.2 Å². The van der Waals surface area contributed by atoms with E-state index in [0.717, 1.165) is 49.4 Å². The van der Waals surface area contributed by atoms with Crippen molar-refractivity contribution in [3.63, 3.8) is 0 Å². The molecule has 2 heterocycles. The number of hydrogen-bond acceptors (Lipinski definition) is 4. The highest BCUT2D eigenvalue weighted by Crippen LogP contribution is 2.22. The molecule has 144 valence electrons. The molecule has 1 N–H and O–H groups in total. The van der Waals surface area contributed by atoms with Crippen molar-refractivity contribution in [2.75, 3.05) is 24.5 Å². The van der Waals surface area contributed by atoms with Gasteiger partial charge in [0.15, 0.2) is 0 Å². The molecule has 2 aromatic rings. The van der Waals surface area contributed by atoms with Crippen molar-refractivity contribution in [3.05, 3.63) is 42.7 Å². The summed E-state index contributed by atoms with van der Waals surface area (Å²) < 4.78 is 0. The van der Waals surface area contributed by atoms with E-state index < -0.39 is 0 Å². The molecule has 1 aliphatic rings. The Kier molecular flexibility index (Phi) is 7.19. The normalized spacial score (nSPS) is 16.9. The Hall–Kier alpha value is -2.43. The Labute approximate surface area is 162 Å². The van der Waals surface area contributed by atoms with Crippen LogP contribution in [0.3, 0.4) is 0 Å². The summed E-state index contributed by atoms with van der Waals surface area (Å²) in [5, 5.41) is 3.11. The van der Waals surface area contributed by atoms with Crippen LogP contribution in [0.5, 0.6) is 0 Å². The summed E-state index contributed by atoms with van der Waals surface area (Å²) in [5.41, 5.74) is 2.13. The molecule has 0 aliphatic carbocycles. The van der Waals surface area contributed by atoms with Crippen LogP contribution in [0.4, 0.5) is 5.95 Å². The van der Waals surface area contributed by atoms with Crippen molar-refractivity contribution in [1.29, 1.82) is 0 Å². The molecule has 0 bridgehead atoms. The quantitative estimate of drug-likeness (QED) is 0.716. The standard InChI is InChI=1S/C22H30N4O/c1-2-3-4-8-13-23-21(27)19-12-9-14-26(17-19)22-24-15-20(16-25-22)18-10-6-5-7-11-18/h5-7,10-11,15-16,19H,2-4,8-9,12-14,17H2,1H3,(H,23,27). The third-order valence-electron chi connectivity index (χ3n) is 5.15. The van der Waals surface area contributed by atoms with Crippen LogP contribution in [0.2, 0.25) is 0 Å². The predicted octanol–water partition coefficient (Wildman–Crippen LogP) is 4.06. The first kappa shape index (κ1) is 19.3. The summed E-state index contributed by atoms with van der Waals surface area (Å²) in [6.45, 7) is 4.59. The van der Waals surface area contributed by atoms with Crippen molar-refractivity contribution >= 4 is 11.9 Å². The average molecular weight is 367 g/mol. The molecule has 0 radical (unpaired) electrons. The maximum absolute atomic E-state index is 12.5. The molecule has 5 nitrogen and oxygen atoms in total. The molecule has 1 amide bonds. The molecule has 1 saturated heterocycles. The van der Waals surface area contributed by atoms with E-state index in [0.29, 0.717) is 6.54 Å². The van der Waals surface area contributed by atoms with Crippen LogP contribution in [-0.2, 0) is 4.79 Å². The zero-order valence-corrected chi connectivity index (χ0v) is 16.2. The smallest absolute Gasteiger partial charge is 0.225 e. The van der Waals surface area contributed by atoms with E-state index in [1.807, 2.05) is 30.6 Å². The number of benzene rings is 1. The van der Waals surface area contributed by atoms with Crippen LogP contribution < -0.4 is 10.2 Å². The third-order valence-corrected chi connectivity index (χ3v) is 5.15. The Balaban J connectivity index is 1.54. The molecule has 1 atom stereocenters. The molecule has 1 fully saturated rings.